The van der Waals surface area contributed by atoms with E-state index in [9.17, 15) is 4.79 Å². The summed E-state index contributed by atoms with van der Waals surface area (Å²) < 4.78 is 4.66. The van der Waals surface area contributed by atoms with Gasteiger partial charge in [0.25, 0.3) is 0 Å². The van der Waals surface area contributed by atoms with Crippen molar-refractivity contribution in [2.45, 2.75) is 19.8 Å². The zero-order valence-electron chi connectivity index (χ0n) is 7.56. The summed E-state index contributed by atoms with van der Waals surface area (Å²) in [7, 11) is -1.53. The van der Waals surface area contributed by atoms with Gasteiger partial charge in [0.05, 0.1) is 6.61 Å². The van der Waals surface area contributed by atoms with E-state index >= 15 is 0 Å². The molecule has 0 aromatic heterocycles. The molecule has 1 aliphatic rings. The van der Waals surface area contributed by atoms with Gasteiger partial charge in [0.1, 0.15) is 0 Å². The fourth-order valence-electron chi connectivity index (χ4n) is 1.14. The first-order chi connectivity index (χ1) is 6.15. The van der Waals surface area contributed by atoms with Crippen molar-refractivity contribution < 1.29 is 19.6 Å². The highest BCUT2D eigenvalue weighted by molar-refractivity contribution is 6.51. The molecular weight excluding hydrogens is 171 g/mol. The molecule has 1 aliphatic carbocycles. The van der Waals surface area contributed by atoms with Crippen LogP contribution in [-0.2, 0) is 9.53 Å². The monoisotopic (exact) mass is 184 g/mol. The molecule has 72 valence electrons. The Bertz CT molecular complexity index is 216. The first-order valence-corrected chi connectivity index (χ1v) is 4.39. The third kappa shape index (κ3) is 3.20. The van der Waals surface area contributed by atoms with Crippen molar-refractivity contribution in [3.8, 4) is 0 Å². The number of carbonyl (C=O) groups is 1. The van der Waals surface area contributed by atoms with Gasteiger partial charge in [0.2, 0.25) is 0 Å². The maximum atomic E-state index is 11.0. The van der Waals surface area contributed by atoms with Crippen LogP contribution in [0.15, 0.2) is 11.5 Å². The molecule has 13 heavy (non-hydrogen) atoms. The maximum Gasteiger partial charge on any atom is 0.484 e. The van der Waals surface area contributed by atoms with Crippen LogP contribution < -0.4 is 0 Å². The van der Waals surface area contributed by atoms with Crippen LogP contribution in [0.5, 0.6) is 0 Å². The van der Waals surface area contributed by atoms with Gasteiger partial charge in [0, 0.05) is 6.08 Å². The first kappa shape index (κ1) is 10.3. The summed E-state index contributed by atoms with van der Waals surface area (Å²) in [5, 5.41) is 17.8. The zero-order chi connectivity index (χ0) is 9.84. The smallest absolute Gasteiger partial charge is 0.463 e. The third-order valence-electron chi connectivity index (χ3n) is 1.92. The molecule has 2 N–H and O–H groups in total. The Morgan fingerprint density at radius 2 is 2.23 bits per heavy atom. The number of hydrogen-bond donors (Lipinski definition) is 2. The fourth-order valence-corrected chi connectivity index (χ4v) is 1.14. The van der Waals surface area contributed by atoms with Crippen molar-refractivity contribution >= 4 is 13.1 Å². The average molecular weight is 184 g/mol. The second-order valence-electron chi connectivity index (χ2n) is 3.04. The Balaban J connectivity index is 2.57. The van der Waals surface area contributed by atoms with E-state index in [-0.39, 0.29) is 5.92 Å². The molecule has 1 rings (SSSR count). The van der Waals surface area contributed by atoms with Gasteiger partial charge in [-0.2, -0.15) is 0 Å². The van der Waals surface area contributed by atoms with Crippen LogP contribution in [0.25, 0.3) is 0 Å². The summed E-state index contributed by atoms with van der Waals surface area (Å²) in [6, 6.07) is 0. The number of hydrogen-bond acceptors (Lipinski definition) is 4. The van der Waals surface area contributed by atoms with E-state index in [0.29, 0.717) is 12.1 Å². The summed E-state index contributed by atoms with van der Waals surface area (Å²) in [6.07, 6.45) is 3.03. The van der Waals surface area contributed by atoms with Crippen molar-refractivity contribution in [3.05, 3.63) is 11.5 Å². The van der Waals surface area contributed by atoms with Crippen molar-refractivity contribution in [3.63, 3.8) is 0 Å². The van der Waals surface area contributed by atoms with E-state index in [1.807, 2.05) is 0 Å². The SMILES string of the molecule is CCOC(=O)/C=C(/B(O)O)C1CC1. The minimum absolute atomic E-state index is 0.157. The van der Waals surface area contributed by atoms with Crippen LogP contribution in [0.2, 0.25) is 0 Å². The van der Waals surface area contributed by atoms with E-state index in [0.717, 1.165) is 12.8 Å². The Kier molecular flexibility index (Phi) is 3.51. The van der Waals surface area contributed by atoms with Crippen molar-refractivity contribution in [2.75, 3.05) is 6.61 Å². The minimum atomic E-state index is -1.53. The van der Waals surface area contributed by atoms with Gasteiger partial charge in [-0.25, -0.2) is 4.79 Å². The first-order valence-electron chi connectivity index (χ1n) is 4.39. The average Bonchev–Trinajstić information content (AvgIpc) is 2.82. The summed E-state index contributed by atoms with van der Waals surface area (Å²) in [6.45, 7) is 2.01. The largest absolute Gasteiger partial charge is 0.484 e. The van der Waals surface area contributed by atoms with Crippen LogP contribution in [-0.4, -0.2) is 29.7 Å². The summed E-state index contributed by atoms with van der Waals surface area (Å²) in [5.41, 5.74) is 0.374. The standard InChI is InChI=1S/C8H13BO4/c1-2-13-8(10)5-7(9(11)12)6-3-4-6/h5-6,11-12H,2-4H2,1H3/b7-5+. The molecule has 4 nitrogen and oxygen atoms in total. The highest BCUT2D eigenvalue weighted by atomic mass is 16.5. The number of ether oxygens (including phenoxy) is 1. The molecule has 0 aliphatic heterocycles. The summed E-state index contributed by atoms with van der Waals surface area (Å²) >= 11 is 0. The molecule has 0 atom stereocenters. The summed E-state index contributed by atoms with van der Waals surface area (Å²) in [4.78, 5) is 11.0. The summed E-state index contributed by atoms with van der Waals surface area (Å²) in [5.74, 6) is -0.345. The molecule has 0 spiro atoms. The number of esters is 1. The van der Waals surface area contributed by atoms with Gasteiger partial charge < -0.3 is 14.8 Å². The Morgan fingerprint density at radius 1 is 1.62 bits per heavy atom. The van der Waals surface area contributed by atoms with Gasteiger partial charge in [0.15, 0.2) is 0 Å². The molecule has 1 saturated carbocycles. The molecule has 0 bridgehead atoms. The second kappa shape index (κ2) is 4.44. The van der Waals surface area contributed by atoms with Crippen LogP contribution in [0.1, 0.15) is 19.8 Å². The van der Waals surface area contributed by atoms with Gasteiger partial charge in [-0.1, -0.05) is 0 Å². The molecule has 0 saturated heterocycles. The molecule has 0 heterocycles. The molecule has 0 radical (unpaired) electrons. The number of allylic oxidation sites excluding steroid dienone is 1. The van der Waals surface area contributed by atoms with Crippen molar-refractivity contribution in [1.82, 2.24) is 0 Å². The predicted octanol–water partition coefficient (Wildman–Crippen LogP) is -0.102. The quantitative estimate of drug-likeness (QED) is 0.363. The number of carbonyl (C=O) groups excluding carboxylic acids is 1. The Hall–Kier alpha value is -0.805. The van der Waals surface area contributed by atoms with Gasteiger partial charge in [-0.05, 0) is 31.2 Å². The zero-order valence-corrected chi connectivity index (χ0v) is 7.56. The normalized spacial score (nSPS) is 17.0. The van der Waals surface area contributed by atoms with E-state index in [4.69, 9.17) is 10.0 Å². The Labute approximate surface area is 77.4 Å². The van der Waals surface area contributed by atoms with Gasteiger partial charge >= 0.3 is 13.1 Å². The van der Waals surface area contributed by atoms with Gasteiger partial charge in [-0.15, -0.1) is 0 Å². The lowest BCUT2D eigenvalue weighted by molar-refractivity contribution is -0.137. The lowest BCUT2D eigenvalue weighted by Crippen LogP contribution is -2.18. The molecule has 0 amide bonds. The van der Waals surface area contributed by atoms with E-state index in [2.05, 4.69) is 4.74 Å². The molecular formula is C8H13BO4. The molecule has 0 aromatic carbocycles. The van der Waals surface area contributed by atoms with Crippen LogP contribution in [0.4, 0.5) is 0 Å². The highest BCUT2D eigenvalue weighted by Gasteiger charge is 2.33. The number of rotatable bonds is 4. The third-order valence-corrected chi connectivity index (χ3v) is 1.92. The van der Waals surface area contributed by atoms with Crippen LogP contribution in [0, 0.1) is 5.92 Å². The van der Waals surface area contributed by atoms with Gasteiger partial charge in [-0.3, -0.25) is 0 Å². The van der Waals surface area contributed by atoms with Crippen LogP contribution >= 0.6 is 0 Å². The lowest BCUT2D eigenvalue weighted by atomic mass is 9.76. The molecule has 0 unspecified atom stereocenters. The Morgan fingerprint density at radius 3 is 2.62 bits per heavy atom. The van der Waals surface area contributed by atoms with E-state index < -0.39 is 13.1 Å². The predicted molar refractivity (Wildman–Crippen MR) is 47.6 cm³/mol. The topological polar surface area (TPSA) is 66.8 Å². The van der Waals surface area contributed by atoms with Crippen molar-refractivity contribution in [1.29, 1.82) is 0 Å². The van der Waals surface area contributed by atoms with E-state index in [1.165, 1.54) is 6.08 Å². The maximum absolute atomic E-state index is 11.0. The molecule has 1 fully saturated rings. The molecule has 5 heteroatoms. The fraction of sp³-hybridized carbons (Fsp3) is 0.625. The van der Waals surface area contributed by atoms with Crippen molar-refractivity contribution in [2.24, 2.45) is 5.92 Å². The lowest BCUT2D eigenvalue weighted by Gasteiger charge is -2.03. The second-order valence-corrected chi connectivity index (χ2v) is 3.04. The van der Waals surface area contributed by atoms with E-state index in [1.54, 1.807) is 6.92 Å². The molecule has 0 aromatic rings. The van der Waals surface area contributed by atoms with Crippen LogP contribution in [0.3, 0.4) is 0 Å². The minimum Gasteiger partial charge on any atom is -0.463 e. The highest BCUT2D eigenvalue weighted by Crippen LogP contribution is 2.36.